The molecule has 1 fully saturated rings. The Labute approximate surface area is 125 Å². The van der Waals surface area contributed by atoms with Crippen LogP contribution in [0.25, 0.3) is 0 Å². The Kier molecular flexibility index (Phi) is 4.81. The van der Waals surface area contributed by atoms with E-state index in [1.54, 1.807) is 11.3 Å². The Bertz CT molecular complexity index is 456. The zero-order valence-electron chi connectivity index (χ0n) is 12.7. The summed E-state index contributed by atoms with van der Waals surface area (Å²) >= 11 is 1.78. The average molecular weight is 295 g/mol. The van der Waals surface area contributed by atoms with E-state index >= 15 is 0 Å². The van der Waals surface area contributed by atoms with E-state index in [-0.39, 0.29) is 11.3 Å². The molecule has 5 heteroatoms. The molecular weight excluding hydrogens is 270 g/mol. The summed E-state index contributed by atoms with van der Waals surface area (Å²) in [6, 6.07) is 0. The highest BCUT2D eigenvalue weighted by Gasteiger charge is 2.23. The summed E-state index contributed by atoms with van der Waals surface area (Å²) in [6.07, 6.45) is 3.35. The molecule has 0 unspecified atom stereocenters. The number of carbonyl (C=O) groups is 1. The number of piperidine rings is 1. The van der Waals surface area contributed by atoms with Crippen LogP contribution in [0.1, 0.15) is 44.3 Å². The number of rotatable bonds is 4. The molecule has 2 rings (SSSR count). The minimum Gasteiger partial charge on any atom is -0.369 e. The van der Waals surface area contributed by atoms with Crippen molar-refractivity contribution >= 4 is 17.2 Å². The highest BCUT2D eigenvalue weighted by atomic mass is 32.1. The highest BCUT2D eigenvalue weighted by Crippen LogP contribution is 2.27. The predicted octanol–water partition coefficient (Wildman–Crippen LogP) is 2.18. The van der Waals surface area contributed by atoms with Gasteiger partial charge in [0, 0.05) is 17.2 Å². The Morgan fingerprint density at radius 3 is 2.60 bits per heavy atom. The molecular formula is C15H25N3OS. The predicted molar refractivity (Wildman–Crippen MR) is 82.9 cm³/mol. The molecule has 0 spiro atoms. The van der Waals surface area contributed by atoms with Gasteiger partial charge >= 0.3 is 0 Å². The zero-order valence-corrected chi connectivity index (χ0v) is 13.5. The molecule has 0 aromatic carbocycles. The topological polar surface area (TPSA) is 59.2 Å². The van der Waals surface area contributed by atoms with Crippen molar-refractivity contribution in [3.8, 4) is 0 Å². The number of hydrogen-bond donors (Lipinski definition) is 1. The van der Waals surface area contributed by atoms with Gasteiger partial charge in [-0.05, 0) is 31.8 Å². The van der Waals surface area contributed by atoms with Crippen molar-refractivity contribution in [1.29, 1.82) is 0 Å². The van der Waals surface area contributed by atoms with Crippen molar-refractivity contribution in [2.45, 2.75) is 45.4 Å². The number of primary amides is 1. The first-order valence-electron chi connectivity index (χ1n) is 7.30. The fourth-order valence-electron chi connectivity index (χ4n) is 2.57. The average Bonchev–Trinajstić information content (AvgIpc) is 2.79. The van der Waals surface area contributed by atoms with E-state index < -0.39 is 0 Å². The zero-order chi connectivity index (χ0) is 14.8. The summed E-state index contributed by atoms with van der Waals surface area (Å²) in [7, 11) is 0. The van der Waals surface area contributed by atoms with Gasteiger partial charge in [0.2, 0.25) is 5.91 Å². The summed E-state index contributed by atoms with van der Waals surface area (Å²) in [5, 5.41) is 3.45. The number of nitrogens with zero attached hydrogens (tertiary/aromatic N) is 2. The SMILES string of the molecule is CC(C)(C)c1csc(CC2CCN(CC(N)=O)CC2)n1. The minimum absolute atomic E-state index is 0.138. The lowest BCUT2D eigenvalue weighted by Gasteiger charge is -2.30. The highest BCUT2D eigenvalue weighted by molar-refractivity contribution is 7.09. The smallest absolute Gasteiger partial charge is 0.231 e. The number of carbonyl (C=O) groups excluding carboxylic acids is 1. The summed E-state index contributed by atoms with van der Waals surface area (Å²) in [5.74, 6) is 0.469. The molecule has 0 saturated carbocycles. The Hall–Kier alpha value is -0.940. The normalized spacial score (nSPS) is 18.4. The summed E-state index contributed by atoms with van der Waals surface area (Å²) in [6.45, 7) is 8.96. The van der Waals surface area contributed by atoms with E-state index in [0.29, 0.717) is 12.5 Å². The third kappa shape index (κ3) is 4.28. The molecule has 4 nitrogen and oxygen atoms in total. The van der Waals surface area contributed by atoms with Crippen LogP contribution in [-0.4, -0.2) is 35.4 Å². The van der Waals surface area contributed by atoms with Gasteiger partial charge in [-0.3, -0.25) is 9.69 Å². The van der Waals surface area contributed by atoms with Gasteiger partial charge < -0.3 is 5.73 Å². The minimum atomic E-state index is -0.224. The van der Waals surface area contributed by atoms with Crippen molar-refractivity contribution in [1.82, 2.24) is 9.88 Å². The quantitative estimate of drug-likeness (QED) is 0.926. The van der Waals surface area contributed by atoms with Crippen LogP contribution < -0.4 is 5.73 Å². The lowest BCUT2D eigenvalue weighted by Crippen LogP contribution is -2.39. The maximum Gasteiger partial charge on any atom is 0.231 e. The molecule has 1 amide bonds. The number of nitrogens with two attached hydrogens (primary N) is 1. The van der Waals surface area contributed by atoms with Crippen LogP contribution >= 0.6 is 11.3 Å². The van der Waals surface area contributed by atoms with E-state index in [0.717, 1.165) is 32.4 Å². The molecule has 0 atom stereocenters. The lowest BCUT2D eigenvalue weighted by molar-refractivity contribution is -0.119. The van der Waals surface area contributed by atoms with E-state index in [2.05, 4.69) is 31.1 Å². The molecule has 112 valence electrons. The van der Waals surface area contributed by atoms with Crippen LogP contribution in [0.5, 0.6) is 0 Å². The second kappa shape index (κ2) is 6.22. The van der Waals surface area contributed by atoms with Gasteiger partial charge in [-0.1, -0.05) is 20.8 Å². The maximum absolute atomic E-state index is 10.9. The van der Waals surface area contributed by atoms with Gasteiger partial charge in [-0.2, -0.15) is 0 Å². The molecule has 0 aliphatic carbocycles. The second-order valence-electron chi connectivity index (χ2n) is 6.77. The Morgan fingerprint density at radius 1 is 1.45 bits per heavy atom. The first kappa shape index (κ1) is 15.4. The lowest BCUT2D eigenvalue weighted by atomic mass is 9.92. The molecule has 0 bridgehead atoms. The third-order valence-electron chi connectivity index (χ3n) is 3.87. The first-order valence-corrected chi connectivity index (χ1v) is 8.18. The number of thiazole rings is 1. The van der Waals surface area contributed by atoms with E-state index in [1.807, 2.05) is 0 Å². The van der Waals surface area contributed by atoms with Gasteiger partial charge in [0.1, 0.15) is 0 Å². The molecule has 2 N–H and O–H groups in total. The van der Waals surface area contributed by atoms with Gasteiger partial charge in [0.15, 0.2) is 0 Å². The van der Waals surface area contributed by atoms with E-state index in [1.165, 1.54) is 10.7 Å². The van der Waals surface area contributed by atoms with E-state index in [4.69, 9.17) is 10.7 Å². The first-order chi connectivity index (χ1) is 9.34. The largest absolute Gasteiger partial charge is 0.369 e. The summed E-state index contributed by atoms with van der Waals surface area (Å²) in [4.78, 5) is 17.8. The van der Waals surface area contributed by atoms with Crippen LogP contribution in [0.3, 0.4) is 0 Å². The number of aromatic nitrogens is 1. The van der Waals surface area contributed by atoms with Gasteiger partial charge in [-0.15, -0.1) is 11.3 Å². The van der Waals surface area contributed by atoms with Gasteiger partial charge in [0.25, 0.3) is 0 Å². The fourth-order valence-corrected chi connectivity index (χ4v) is 3.70. The maximum atomic E-state index is 10.9. The molecule has 0 radical (unpaired) electrons. The van der Waals surface area contributed by atoms with Crippen molar-refractivity contribution in [3.05, 3.63) is 16.1 Å². The van der Waals surface area contributed by atoms with E-state index in [9.17, 15) is 4.79 Å². The molecule has 1 saturated heterocycles. The van der Waals surface area contributed by atoms with Crippen molar-refractivity contribution in [2.24, 2.45) is 11.7 Å². The molecule has 1 aromatic rings. The second-order valence-corrected chi connectivity index (χ2v) is 7.71. The Morgan fingerprint density at radius 2 is 2.10 bits per heavy atom. The van der Waals surface area contributed by atoms with Crippen LogP contribution in [0.2, 0.25) is 0 Å². The van der Waals surface area contributed by atoms with Crippen LogP contribution in [0.4, 0.5) is 0 Å². The molecule has 1 aromatic heterocycles. The molecule has 20 heavy (non-hydrogen) atoms. The third-order valence-corrected chi connectivity index (χ3v) is 4.74. The number of amides is 1. The van der Waals surface area contributed by atoms with Crippen LogP contribution in [0.15, 0.2) is 5.38 Å². The Balaban J connectivity index is 1.84. The standard InChI is InChI=1S/C15H25N3OS/c1-15(2,3)12-10-20-14(17-12)8-11-4-6-18(7-5-11)9-13(16)19/h10-11H,4-9H2,1-3H3,(H2,16,19). The molecule has 2 heterocycles. The molecule has 1 aliphatic rings. The van der Waals surface area contributed by atoms with Gasteiger partial charge in [-0.25, -0.2) is 4.98 Å². The van der Waals surface area contributed by atoms with Crippen molar-refractivity contribution in [3.63, 3.8) is 0 Å². The van der Waals surface area contributed by atoms with Crippen LogP contribution in [0, 0.1) is 5.92 Å². The monoisotopic (exact) mass is 295 g/mol. The summed E-state index contributed by atoms with van der Waals surface area (Å²) in [5.41, 5.74) is 6.57. The molecule has 1 aliphatic heterocycles. The van der Waals surface area contributed by atoms with Crippen molar-refractivity contribution < 1.29 is 4.79 Å². The number of hydrogen-bond acceptors (Lipinski definition) is 4. The van der Waals surface area contributed by atoms with Crippen molar-refractivity contribution in [2.75, 3.05) is 19.6 Å². The van der Waals surface area contributed by atoms with Gasteiger partial charge in [0.05, 0.1) is 17.2 Å². The summed E-state index contributed by atoms with van der Waals surface area (Å²) < 4.78 is 0. The number of likely N-dealkylation sites (tertiary alicyclic amines) is 1. The fraction of sp³-hybridized carbons (Fsp3) is 0.733. The van der Waals surface area contributed by atoms with Crippen LogP contribution in [-0.2, 0) is 16.6 Å².